The van der Waals surface area contributed by atoms with Gasteiger partial charge in [-0.2, -0.15) is 0 Å². The number of hydrogen-bond donors (Lipinski definition) is 1. The minimum Gasteiger partial charge on any atom is -0.350 e. The number of benzene rings is 2. The Morgan fingerprint density at radius 1 is 0.966 bits per heavy atom. The van der Waals surface area contributed by atoms with Gasteiger partial charge in [-0.15, -0.1) is 0 Å². The third-order valence-electron chi connectivity index (χ3n) is 4.77. The minimum absolute atomic E-state index is 0.106. The predicted molar refractivity (Wildman–Crippen MR) is 108 cm³/mol. The molecule has 1 N–H and O–H groups in total. The summed E-state index contributed by atoms with van der Waals surface area (Å²) in [5.74, 6) is -1.27. The molecule has 2 heterocycles. The lowest BCUT2D eigenvalue weighted by atomic mass is 10.0. The number of rotatable bonds is 5. The van der Waals surface area contributed by atoms with Crippen LogP contribution >= 0.6 is 0 Å². The fraction of sp³-hybridized carbons (Fsp3) is 0.0870. The van der Waals surface area contributed by atoms with Crippen molar-refractivity contribution in [1.82, 2.24) is 9.88 Å². The number of para-hydroxylation sites is 1. The lowest BCUT2D eigenvalue weighted by Crippen LogP contribution is -2.32. The van der Waals surface area contributed by atoms with Crippen LogP contribution in [-0.2, 0) is 16.1 Å². The third-order valence-corrected chi connectivity index (χ3v) is 4.77. The number of amides is 2. The van der Waals surface area contributed by atoms with Gasteiger partial charge in [-0.05, 0) is 47.9 Å². The number of halogens is 1. The zero-order valence-corrected chi connectivity index (χ0v) is 15.7. The van der Waals surface area contributed by atoms with Crippen molar-refractivity contribution in [1.29, 1.82) is 0 Å². The zero-order valence-electron chi connectivity index (χ0n) is 15.7. The van der Waals surface area contributed by atoms with Gasteiger partial charge in [0.2, 0.25) is 0 Å². The Kier molecular flexibility index (Phi) is 4.91. The van der Waals surface area contributed by atoms with Crippen LogP contribution < -0.4 is 5.32 Å². The topological polar surface area (TPSA) is 62.3 Å². The highest BCUT2D eigenvalue weighted by Crippen LogP contribution is 2.32. The van der Waals surface area contributed by atoms with E-state index in [4.69, 9.17) is 0 Å². The van der Waals surface area contributed by atoms with Crippen LogP contribution in [0.5, 0.6) is 0 Å². The van der Waals surface area contributed by atoms with Crippen LogP contribution in [-0.4, -0.2) is 21.7 Å². The van der Waals surface area contributed by atoms with E-state index in [1.165, 1.54) is 29.2 Å². The van der Waals surface area contributed by atoms with Gasteiger partial charge in [0.15, 0.2) is 0 Å². The number of pyridine rings is 1. The first-order chi connectivity index (χ1) is 14.0. The second kappa shape index (κ2) is 7.67. The first-order valence-corrected chi connectivity index (χ1v) is 9.12. The summed E-state index contributed by atoms with van der Waals surface area (Å²) in [5, 5.41) is 3.13. The molecule has 0 radical (unpaired) electrons. The van der Waals surface area contributed by atoms with Gasteiger partial charge in [0.25, 0.3) is 11.8 Å². The molecule has 6 heteroatoms. The summed E-state index contributed by atoms with van der Waals surface area (Å²) < 4.78 is 13.4. The summed E-state index contributed by atoms with van der Waals surface area (Å²) in [4.78, 5) is 31.6. The van der Waals surface area contributed by atoms with E-state index in [1.54, 1.807) is 24.5 Å². The molecular formula is C23H18FN3O2. The summed E-state index contributed by atoms with van der Waals surface area (Å²) in [7, 11) is 0. The van der Waals surface area contributed by atoms with Gasteiger partial charge in [-0.1, -0.05) is 36.4 Å². The number of aryl methyl sites for hydroxylation is 1. The lowest BCUT2D eigenvalue weighted by Gasteiger charge is -2.15. The molecule has 29 heavy (non-hydrogen) atoms. The quantitative estimate of drug-likeness (QED) is 0.674. The van der Waals surface area contributed by atoms with E-state index in [2.05, 4.69) is 10.3 Å². The first-order valence-electron chi connectivity index (χ1n) is 9.12. The molecule has 0 spiro atoms. The maximum absolute atomic E-state index is 13.4. The molecule has 144 valence electrons. The number of hydrogen-bond acceptors (Lipinski definition) is 4. The van der Waals surface area contributed by atoms with E-state index in [-0.39, 0.29) is 17.8 Å². The van der Waals surface area contributed by atoms with Gasteiger partial charge in [0.1, 0.15) is 11.5 Å². The smallest absolute Gasteiger partial charge is 0.278 e. The Labute approximate surface area is 167 Å². The van der Waals surface area contributed by atoms with E-state index >= 15 is 0 Å². The van der Waals surface area contributed by atoms with Gasteiger partial charge < -0.3 is 5.32 Å². The van der Waals surface area contributed by atoms with Crippen LogP contribution in [0.2, 0.25) is 0 Å². The monoisotopic (exact) mass is 387 g/mol. The molecule has 0 unspecified atom stereocenters. The Balaban J connectivity index is 1.76. The van der Waals surface area contributed by atoms with Crippen molar-refractivity contribution in [2.75, 3.05) is 5.32 Å². The molecule has 1 aromatic heterocycles. The van der Waals surface area contributed by atoms with Crippen LogP contribution in [0.15, 0.2) is 78.8 Å². The molecule has 0 bridgehead atoms. The van der Waals surface area contributed by atoms with Gasteiger partial charge in [-0.25, -0.2) is 4.39 Å². The van der Waals surface area contributed by atoms with Crippen LogP contribution in [0.4, 0.5) is 10.1 Å². The molecule has 4 rings (SSSR count). The molecular weight excluding hydrogens is 369 g/mol. The van der Waals surface area contributed by atoms with Crippen LogP contribution in [0, 0.1) is 12.7 Å². The molecule has 0 aliphatic carbocycles. The summed E-state index contributed by atoms with van der Waals surface area (Å²) >= 11 is 0. The molecule has 0 atom stereocenters. The van der Waals surface area contributed by atoms with Gasteiger partial charge >= 0.3 is 0 Å². The molecule has 0 saturated carbocycles. The number of nitrogens with zero attached hydrogens (tertiary/aromatic N) is 2. The zero-order chi connectivity index (χ0) is 20.4. The highest BCUT2D eigenvalue weighted by molar-refractivity contribution is 6.36. The van der Waals surface area contributed by atoms with Crippen molar-refractivity contribution >= 4 is 23.1 Å². The number of carbonyl (C=O) groups excluding carboxylic acids is 2. The number of carbonyl (C=O) groups is 2. The first kappa shape index (κ1) is 18.6. The SMILES string of the molecule is Cc1ccccc1NC1=C(c2ccc(F)cc2)C(=O)N(Cc2cccnc2)C1=O. The molecule has 1 aliphatic rings. The van der Waals surface area contributed by atoms with Gasteiger partial charge in [0.05, 0.1) is 12.1 Å². The van der Waals surface area contributed by atoms with Crippen LogP contribution in [0.3, 0.4) is 0 Å². The Bertz CT molecular complexity index is 1110. The average molecular weight is 387 g/mol. The Morgan fingerprint density at radius 3 is 2.41 bits per heavy atom. The van der Waals surface area contributed by atoms with Gasteiger partial charge in [0, 0.05) is 18.1 Å². The summed E-state index contributed by atoms with van der Waals surface area (Å²) in [5.41, 5.74) is 3.29. The van der Waals surface area contributed by atoms with Crippen LogP contribution in [0.1, 0.15) is 16.7 Å². The summed E-state index contributed by atoms with van der Waals surface area (Å²) in [6.45, 7) is 2.02. The second-order valence-corrected chi connectivity index (χ2v) is 6.75. The number of nitrogens with one attached hydrogen (secondary N) is 1. The van der Waals surface area contributed by atoms with Crippen molar-refractivity contribution in [2.45, 2.75) is 13.5 Å². The molecule has 0 saturated heterocycles. The minimum atomic E-state index is -0.429. The number of imide groups is 1. The fourth-order valence-corrected chi connectivity index (χ4v) is 3.24. The van der Waals surface area contributed by atoms with Crippen molar-refractivity contribution in [3.8, 4) is 0 Å². The standard InChI is InChI=1S/C23H18FN3O2/c1-15-5-2-3-7-19(15)26-21-20(17-8-10-18(24)11-9-17)22(28)27(23(21)29)14-16-6-4-12-25-13-16/h2-13,26H,14H2,1H3. The molecule has 3 aromatic rings. The molecule has 0 fully saturated rings. The average Bonchev–Trinajstić information content (AvgIpc) is 2.95. The predicted octanol–water partition coefficient (Wildman–Crippen LogP) is 3.92. The highest BCUT2D eigenvalue weighted by Gasteiger charge is 2.39. The molecule has 5 nitrogen and oxygen atoms in total. The summed E-state index contributed by atoms with van der Waals surface area (Å²) in [6.07, 6.45) is 3.25. The Morgan fingerprint density at radius 2 is 1.72 bits per heavy atom. The van der Waals surface area contributed by atoms with E-state index < -0.39 is 17.6 Å². The maximum atomic E-state index is 13.4. The molecule has 1 aliphatic heterocycles. The molecule has 2 aromatic carbocycles. The molecule has 2 amide bonds. The largest absolute Gasteiger partial charge is 0.350 e. The number of anilines is 1. The van der Waals surface area contributed by atoms with Crippen molar-refractivity contribution < 1.29 is 14.0 Å². The van der Waals surface area contributed by atoms with Crippen molar-refractivity contribution in [3.05, 3.63) is 101 Å². The summed E-state index contributed by atoms with van der Waals surface area (Å²) in [6, 6.07) is 16.6. The highest BCUT2D eigenvalue weighted by atomic mass is 19.1. The maximum Gasteiger partial charge on any atom is 0.278 e. The van der Waals surface area contributed by atoms with E-state index in [0.717, 1.165) is 16.8 Å². The van der Waals surface area contributed by atoms with Crippen molar-refractivity contribution in [2.24, 2.45) is 0 Å². The second-order valence-electron chi connectivity index (χ2n) is 6.75. The van der Waals surface area contributed by atoms with E-state index in [0.29, 0.717) is 5.56 Å². The van der Waals surface area contributed by atoms with E-state index in [1.807, 2.05) is 31.2 Å². The number of aromatic nitrogens is 1. The van der Waals surface area contributed by atoms with Crippen molar-refractivity contribution in [3.63, 3.8) is 0 Å². The fourth-order valence-electron chi connectivity index (χ4n) is 3.24. The van der Waals surface area contributed by atoms with Gasteiger partial charge in [-0.3, -0.25) is 19.5 Å². The lowest BCUT2D eigenvalue weighted by molar-refractivity contribution is -0.137. The van der Waals surface area contributed by atoms with E-state index in [9.17, 15) is 14.0 Å². The Hall–Kier alpha value is -3.80. The normalized spacial score (nSPS) is 13.9. The van der Waals surface area contributed by atoms with Crippen LogP contribution in [0.25, 0.3) is 5.57 Å². The third kappa shape index (κ3) is 3.65.